The number of hydrogen-bond acceptors (Lipinski definition) is 2. The zero-order chi connectivity index (χ0) is 9.90. The standard InChI is InChI=1S/C11H18N2/c1-9-5-6-10(12-7-9)8-13-11(2,3)4/h5-7,13H,8H2,1-4H3. The third kappa shape index (κ3) is 4.04. The first-order chi connectivity index (χ1) is 5.97. The van der Waals surface area contributed by atoms with E-state index in [1.54, 1.807) is 0 Å². The van der Waals surface area contributed by atoms with Gasteiger partial charge in [0.15, 0.2) is 0 Å². The summed E-state index contributed by atoms with van der Waals surface area (Å²) in [5.41, 5.74) is 2.46. The average Bonchev–Trinajstić information content (AvgIpc) is 2.02. The van der Waals surface area contributed by atoms with Crippen molar-refractivity contribution in [2.45, 2.75) is 39.8 Å². The molecule has 1 N–H and O–H groups in total. The fraction of sp³-hybridized carbons (Fsp3) is 0.545. The van der Waals surface area contributed by atoms with Gasteiger partial charge in [-0.1, -0.05) is 6.07 Å². The van der Waals surface area contributed by atoms with Crippen molar-refractivity contribution in [2.75, 3.05) is 0 Å². The van der Waals surface area contributed by atoms with E-state index in [0.29, 0.717) is 0 Å². The Bertz CT molecular complexity index is 256. The molecule has 2 nitrogen and oxygen atoms in total. The molecule has 0 amide bonds. The van der Waals surface area contributed by atoms with E-state index in [4.69, 9.17) is 0 Å². The number of nitrogens with one attached hydrogen (secondary N) is 1. The van der Waals surface area contributed by atoms with Crippen LogP contribution >= 0.6 is 0 Å². The third-order valence-electron chi connectivity index (χ3n) is 1.77. The van der Waals surface area contributed by atoms with E-state index < -0.39 is 0 Å². The van der Waals surface area contributed by atoms with Crippen molar-refractivity contribution >= 4 is 0 Å². The number of rotatable bonds is 2. The van der Waals surface area contributed by atoms with E-state index >= 15 is 0 Å². The molecule has 0 aliphatic heterocycles. The van der Waals surface area contributed by atoms with Crippen LogP contribution in [0, 0.1) is 6.92 Å². The van der Waals surface area contributed by atoms with Crippen molar-refractivity contribution in [3.8, 4) is 0 Å². The Morgan fingerprint density at radius 2 is 2.00 bits per heavy atom. The summed E-state index contributed by atoms with van der Waals surface area (Å²) in [5.74, 6) is 0. The highest BCUT2D eigenvalue weighted by atomic mass is 15.0. The number of aromatic nitrogens is 1. The predicted octanol–water partition coefficient (Wildman–Crippen LogP) is 2.28. The van der Waals surface area contributed by atoms with Gasteiger partial charge in [-0.15, -0.1) is 0 Å². The molecule has 1 heterocycles. The molecular formula is C11H18N2. The monoisotopic (exact) mass is 178 g/mol. The summed E-state index contributed by atoms with van der Waals surface area (Å²) < 4.78 is 0. The largest absolute Gasteiger partial charge is 0.306 e. The number of pyridine rings is 1. The van der Waals surface area contributed by atoms with E-state index in [9.17, 15) is 0 Å². The fourth-order valence-electron chi connectivity index (χ4n) is 0.959. The molecule has 0 radical (unpaired) electrons. The van der Waals surface area contributed by atoms with Crippen molar-refractivity contribution in [2.24, 2.45) is 0 Å². The molecule has 1 rings (SSSR count). The molecule has 0 aliphatic carbocycles. The maximum absolute atomic E-state index is 4.32. The summed E-state index contributed by atoms with van der Waals surface area (Å²) in [6.45, 7) is 9.35. The van der Waals surface area contributed by atoms with Crippen molar-refractivity contribution in [1.29, 1.82) is 0 Å². The molecule has 2 heteroatoms. The lowest BCUT2D eigenvalue weighted by Gasteiger charge is -2.20. The van der Waals surface area contributed by atoms with Crippen molar-refractivity contribution in [3.05, 3.63) is 29.6 Å². The van der Waals surface area contributed by atoms with Gasteiger partial charge in [-0.05, 0) is 39.3 Å². The molecule has 0 atom stereocenters. The molecule has 0 saturated carbocycles. The van der Waals surface area contributed by atoms with Crippen LogP contribution in [0.2, 0.25) is 0 Å². The Labute approximate surface area is 80.4 Å². The Balaban J connectivity index is 2.51. The van der Waals surface area contributed by atoms with Crippen molar-refractivity contribution in [1.82, 2.24) is 10.3 Å². The molecule has 0 aromatic carbocycles. The summed E-state index contributed by atoms with van der Waals surface area (Å²) in [5, 5.41) is 3.40. The lowest BCUT2D eigenvalue weighted by atomic mass is 10.1. The van der Waals surface area contributed by atoms with Crippen LogP contribution in [-0.2, 0) is 6.54 Å². The highest BCUT2D eigenvalue weighted by Crippen LogP contribution is 2.02. The summed E-state index contributed by atoms with van der Waals surface area (Å²) in [6.07, 6.45) is 1.90. The number of aryl methyl sites for hydroxylation is 1. The average molecular weight is 178 g/mol. The van der Waals surface area contributed by atoms with Gasteiger partial charge in [0, 0.05) is 18.3 Å². The van der Waals surface area contributed by atoms with Crippen LogP contribution in [0.15, 0.2) is 18.3 Å². The van der Waals surface area contributed by atoms with Crippen LogP contribution in [-0.4, -0.2) is 10.5 Å². The Morgan fingerprint density at radius 1 is 1.31 bits per heavy atom. The zero-order valence-electron chi connectivity index (χ0n) is 8.89. The first-order valence-corrected chi connectivity index (χ1v) is 4.64. The second-order valence-electron chi connectivity index (χ2n) is 4.43. The number of nitrogens with zero attached hydrogens (tertiary/aromatic N) is 1. The lowest BCUT2D eigenvalue weighted by molar-refractivity contribution is 0.421. The highest BCUT2D eigenvalue weighted by Gasteiger charge is 2.08. The fourth-order valence-corrected chi connectivity index (χ4v) is 0.959. The van der Waals surface area contributed by atoms with Gasteiger partial charge >= 0.3 is 0 Å². The van der Waals surface area contributed by atoms with Crippen LogP contribution in [0.5, 0.6) is 0 Å². The minimum absolute atomic E-state index is 0.159. The maximum Gasteiger partial charge on any atom is 0.0542 e. The molecule has 1 aromatic heterocycles. The summed E-state index contributed by atoms with van der Waals surface area (Å²) in [7, 11) is 0. The molecule has 13 heavy (non-hydrogen) atoms. The Morgan fingerprint density at radius 3 is 2.46 bits per heavy atom. The topological polar surface area (TPSA) is 24.9 Å². The second kappa shape index (κ2) is 3.88. The smallest absolute Gasteiger partial charge is 0.0542 e. The van der Waals surface area contributed by atoms with Gasteiger partial charge < -0.3 is 5.32 Å². The number of hydrogen-bond donors (Lipinski definition) is 1. The van der Waals surface area contributed by atoms with Gasteiger partial charge in [-0.25, -0.2) is 0 Å². The Kier molecular flexibility index (Phi) is 3.04. The molecule has 72 valence electrons. The SMILES string of the molecule is Cc1ccc(CNC(C)(C)C)nc1. The Hall–Kier alpha value is -0.890. The van der Waals surface area contributed by atoms with E-state index in [1.807, 2.05) is 13.1 Å². The maximum atomic E-state index is 4.32. The van der Waals surface area contributed by atoms with Gasteiger partial charge in [0.1, 0.15) is 0 Å². The highest BCUT2D eigenvalue weighted by molar-refractivity contribution is 5.12. The van der Waals surface area contributed by atoms with Gasteiger partial charge in [-0.2, -0.15) is 0 Å². The summed E-state index contributed by atoms with van der Waals surface area (Å²) in [6, 6.07) is 4.15. The van der Waals surface area contributed by atoms with Crippen LogP contribution in [0.1, 0.15) is 32.0 Å². The van der Waals surface area contributed by atoms with Crippen LogP contribution < -0.4 is 5.32 Å². The molecule has 0 fully saturated rings. The second-order valence-corrected chi connectivity index (χ2v) is 4.43. The molecular weight excluding hydrogens is 160 g/mol. The van der Waals surface area contributed by atoms with Crippen LogP contribution in [0.3, 0.4) is 0 Å². The van der Waals surface area contributed by atoms with E-state index in [0.717, 1.165) is 12.2 Å². The minimum atomic E-state index is 0.159. The zero-order valence-corrected chi connectivity index (χ0v) is 8.89. The third-order valence-corrected chi connectivity index (χ3v) is 1.77. The normalized spacial score (nSPS) is 11.7. The molecule has 1 aromatic rings. The quantitative estimate of drug-likeness (QED) is 0.751. The summed E-state index contributed by atoms with van der Waals surface area (Å²) >= 11 is 0. The van der Waals surface area contributed by atoms with Crippen molar-refractivity contribution in [3.63, 3.8) is 0 Å². The summed E-state index contributed by atoms with van der Waals surface area (Å²) in [4.78, 5) is 4.32. The predicted molar refractivity (Wildman–Crippen MR) is 55.6 cm³/mol. The van der Waals surface area contributed by atoms with Gasteiger partial charge in [0.05, 0.1) is 5.69 Å². The van der Waals surface area contributed by atoms with E-state index in [1.165, 1.54) is 5.56 Å². The van der Waals surface area contributed by atoms with E-state index in [2.05, 4.69) is 43.2 Å². The minimum Gasteiger partial charge on any atom is -0.306 e. The lowest BCUT2D eigenvalue weighted by Crippen LogP contribution is -2.35. The first-order valence-electron chi connectivity index (χ1n) is 4.64. The first kappa shape index (κ1) is 10.2. The van der Waals surface area contributed by atoms with E-state index in [-0.39, 0.29) is 5.54 Å². The molecule has 0 aliphatic rings. The van der Waals surface area contributed by atoms with Gasteiger partial charge in [-0.3, -0.25) is 4.98 Å². The van der Waals surface area contributed by atoms with Gasteiger partial charge in [0.25, 0.3) is 0 Å². The van der Waals surface area contributed by atoms with Gasteiger partial charge in [0.2, 0.25) is 0 Å². The molecule has 0 saturated heterocycles. The molecule has 0 unspecified atom stereocenters. The van der Waals surface area contributed by atoms with Crippen LogP contribution in [0.4, 0.5) is 0 Å². The molecule has 0 bridgehead atoms. The van der Waals surface area contributed by atoms with Crippen molar-refractivity contribution < 1.29 is 0 Å². The van der Waals surface area contributed by atoms with Crippen LogP contribution in [0.25, 0.3) is 0 Å². The molecule has 0 spiro atoms.